The van der Waals surface area contributed by atoms with Crippen molar-refractivity contribution in [2.45, 2.75) is 63.7 Å². The Kier molecular flexibility index (Phi) is 8.47. The summed E-state index contributed by atoms with van der Waals surface area (Å²) < 4.78 is 33.8. The number of hydrogen-bond acceptors (Lipinski definition) is 2. The predicted molar refractivity (Wildman–Crippen MR) is 300 cm³/mol. The molecule has 0 amide bonds. The molecule has 4 heteroatoms. The fraction of sp³-hybridized carbons (Fsp3) is 0.194. The van der Waals surface area contributed by atoms with Gasteiger partial charge < -0.3 is 14.4 Å². The molecule has 10 aromatic rings. The number of rotatable bonds is 7. The standard InChI is InChI=1S/C67H56BN3/c1-43(2)51-36-64-66-65(37-51)70(54-28-23-50(24-29-54)48-15-7-4-8-16-48)63-39-55(30-31-59(63)68(66)58-18-10-12-20-62(58)69(64)53-26-21-49(22-27-53)47-13-5-3-6-14-47)71-60-19-11-9-17-56(60)57-38-52(25-32-61(57)71)67-40-44-33-45(41-67)35-46(34-44)42-67/h3-32,36-39,43-46H,33-35,40-42H2,1-2H3/i30D,31D,39D. The molecule has 3 nitrogen and oxygen atoms in total. The second kappa shape index (κ2) is 15.7. The Labute approximate surface area is 422 Å². The van der Waals surface area contributed by atoms with Crippen LogP contribution in [0.4, 0.5) is 34.1 Å². The van der Waals surface area contributed by atoms with E-state index >= 15 is 0 Å². The maximum Gasteiger partial charge on any atom is 0.252 e. The Balaban J connectivity index is 0.984. The Bertz CT molecular complexity index is 3870. The highest BCUT2D eigenvalue weighted by molar-refractivity contribution is 7.00. The second-order valence-corrected chi connectivity index (χ2v) is 21.9. The van der Waals surface area contributed by atoms with E-state index < -0.39 is 6.71 Å². The first-order chi connectivity index (χ1) is 36.2. The Morgan fingerprint density at radius 1 is 0.479 bits per heavy atom. The number of para-hydroxylation sites is 2. The molecular weight excluding hydrogens is 858 g/mol. The molecule has 4 aliphatic carbocycles. The van der Waals surface area contributed by atoms with Gasteiger partial charge in [0.15, 0.2) is 0 Å². The molecule has 0 saturated heterocycles. The van der Waals surface area contributed by atoms with Crippen LogP contribution in [0, 0.1) is 17.8 Å². The number of benzene rings is 9. The largest absolute Gasteiger partial charge is 0.311 e. The lowest BCUT2D eigenvalue weighted by Gasteiger charge is -2.57. The molecule has 0 spiro atoms. The molecule has 342 valence electrons. The molecular formula is C67H56BN3. The number of aromatic nitrogens is 1. The number of nitrogens with zero attached hydrogens (tertiary/aromatic N) is 3. The van der Waals surface area contributed by atoms with Crippen molar-refractivity contribution in [1.29, 1.82) is 0 Å². The van der Waals surface area contributed by atoms with E-state index in [1.54, 1.807) is 0 Å². The number of anilines is 6. The summed E-state index contributed by atoms with van der Waals surface area (Å²) in [6.07, 6.45) is 8.07. The van der Waals surface area contributed by atoms with Gasteiger partial charge in [0.25, 0.3) is 6.71 Å². The Morgan fingerprint density at radius 2 is 1.01 bits per heavy atom. The van der Waals surface area contributed by atoms with Crippen LogP contribution in [0.15, 0.2) is 206 Å². The van der Waals surface area contributed by atoms with Crippen LogP contribution in [0.3, 0.4) is 0 Å². The average Bonchev–Trinajstić information content (AvgIpc) is 3.77. The molecule has 3 heterocycles. The lowest BCUT2D eigenvalue weighted by molar-refractivity contribution is -0.00512. The van der Waals surface area contributed by atoms with E-state index in [2.05, 4.69) is 216 Å². The van der Waals surface area contributed by atoms with Crippen molar-refractivity contribution in [2.24, 2.45) is 17.8 Å². The van der Waals surface area contributed by atoms with Crippen LogP contribution in [0.1, 0.15) is 73.5 Å². The fourth-order valence-corrected chi connectivity index (χ4v) is 14.6. The molecule has 4 bridgehead atoms. The number of hydrogen-bond donors (Lipinski definition) is 0. The van der Waals surface area contributed by atoms with Gasteiger partial charge in [0.2, 0.25) is 0 Å². The topological polar surface area (TPSA) is 11.4 Å². The molecule has 9 aromatic carbocycles. The van der Waals surface area contributed by atoms with E-state index in [-0.39, 0.29) is 29.5 Å². The predicted octanol–water partition coefficient (Wildman–Crippen LogP) is 15.8. The van der Waals surface area contributed by atoms with Gasteiger partial charge in [-0.2, -0.15) is 0 Å². The van der Waals surface area contributed by atoms with Gasteiger partial charge in [-0.25, -0.2) is 0 Å². The van der Waals surface area contributed by atoms with Crippen molar-refractivity contribution in [1.82, 2.24) is 4.57 Å². The lowest BCUT2D eigenvalue weighted by Crippen LogP contribution is -2.61. The van der Waals surface area contributed by atoms with Crippen molar-refractivity contribution in [3.63, 3.8) is 0 Å². The zero-order chi connectivity index (χ0) is 49.6. The summed E-state index contributed by atoms with van der Waals surface area (Å²) in [4.78, 5) is 4.68. The minimum atomic E-state index is -0.414. The van der Waals surface area contributed by atoms with E-state index in [1.165, 1.54) is 60.6 Å². The Hall–Kier alpha value is -7.56. The summed E-state index contributed by atoms with van der Waals surface area (Å²) in [7, 11) is 0. The van der Waals surface area contributed by atoms with Gasteiger partial charge in [-0.15, -0.1) is 0 Å². The molecule has 71 heavy (non-hydrogen) atoms. The summed E-state index contributed by atoms with van der Waals surface area (Å²) in [6, 6.07) is 68.2. The van der Waals surface area contributed by atoms with Crippen molar-refractivity contribution in [3.8, 4) is 27.9 Å². The summed E-state index contributed by atoms with van der Waals surface area (Å²) in [6.45, 7) is 4.11. The summed E-state index contributed by atoms with van der Waals surface area (Å²) in [5.41, 5.74) is 18.4. The first-order valence-electron chi connectivity index (χ1n) is 27.6. The first-order valence-corrected chi connectivity index (χ1v) is 26.1. The molecule has 0 N–H and O–H groups in total. The molecule has 0 radical (unpaired) electrons. The summed E-state index contributed by atoms with van der Waals surface area (Å²) in [5, 5.41) is 2.29. The molecule has 4 fully saturated rings. The molecule has 2 aliphatic heterocycles. The van der Waals surface area contributed by atoms with Crippen LogP contribution in [0.2, 0.25) is 0 Å². The van der Waals surface area contributed by atoms with Crippen LogP contribution < -0.4 is 26.2 Å². The molecule has 0 unspecified atom stereocenters. The van der Waals surface area contributed by atoms with E-state index in [9.17, 15) is 4.11 Å². The summed E-state index contributed by atoms with van der Waals surface area (Å²) >= 11 is 0. The molecule has 0 atom stereocenters. The highest BCUT2D eigenvalue weighted by Gasteiger charge is 2.52. The van der Waals surface area contributed by atoms with Gasteiger partial charge in [0.1, 0.15) is 0 Å². The van der Waals surface area contributed by atoms with Gasteiger partial charge in [-0.05, 0) is 190 Å². The van der Waals surface area contributed by atoms with E-state index in [1.807, 2.05) is 0 Å². The third-order valence-corrected chi connectivity index (χ3v) is 17.4. The quantitative estimate of drug-likeness (QED) is 0.148. The van der Waals surface area contributed by atoms with Gasteiger partial charge in [0.05, 0.1) is 15.1 Å². The normalized spacial score (nSPS) is 21.0. The minimum absolute atomic E-state index is 0.0705. The lowest BCUT2D eigenvalue weighted by atomic mass is 9.33. The zero-order valence-corrected chi connectivity index (χ0v) is 40.4. The van der Waals surface area contributed by atoms with E-state index in [4.69, 9.17) is 0 Å². The van der Waals surface area contributed by atoms with E-state index in [0.717, 1.165) is 90.2 Å². The third-order valence-electron chi connectivity index (χ3n) is 17.4. The van der Waals surface area contributed by atoms with Gasteiger partial charge in [-0.1, -0.05) is 147 Å². The maximum absolute atomic E-state index is 10.9. The Morgan fingerprint density at radius 3 is 1.63 bits per heavy atom. The molecule has 16 rings (SSSR count). The average molecular weight is 917 g/mol. The molecule has 4 saturated carbocycles. The van der Waals surface area contributed by atoms with Crippen LogP contribution in [-0.2, 0) is 5.41 Å². The van der Waals surface area contributed by atoms with Crippen molar-refractivity contribution < 1.29 is 4.11 Å². The maximum atomic E-state index is 10.9. The molecule has 1 aromatic heterocycles. The van der Waals surface area contributed by atoms with Crippen molar-refractivity contribution >= 4 is 79.0 Å². The van der Waals surface area contributed by atoms with Crippen LogP contribution in [0.5, 0.6) is 0 Å². The van der Waals surface area contributed by atoms with Crippen LogP contribution in [-0.4, -0.2) is 11.3 Å². The molecule has 6 aliphatic rings. The van der Waals surface area contributed by atoms with Crippen molar-refractivity contribution in [3.05, 3.63) is 217 Å². The monoisotopic (exact) mass is 916 g/mol. The van der Waals surface area contributed by atoms with Crippen LogP contribution >= 0.6 is 0 Å². The third kappa shape index (κ3) is 6.36. The minimum Gasteiger partial charge on any atom is -0.311 e. The van der Waals surface area contributed by atoms with E-state index in [0.29, 0.717) is 16.8 Å². The SMILES string of the molecule is [2H]c1c([2H])c(-n2c3ccccc3c3cc(C45CC6CC(CC(C6)C4)C5)ccc32)c([2H])c2c1B1c3ccccc3N(c3ccc(-c4ccccc4)cc3)c3cc(C(C)C)cc(c31)N2c1ccc(-c2ccccc2)cc1. The zero-order valence-electron chi connectivity index (χ0n) is 43.4. The fourth-order valence-electron chi connectivity index (χ4n) is 14.6. The summed E-state index contributed by atoms with van der Waals surface area (Å²) in [5.74, 6) is 2.69. The van der Waals surface area contributed by atoms with Gasteiger partial charge in [0, 0.05) is 50.6 Å². The second-order valence-electron chi connectivity index (χ2n) is 21.9. The van der Waals surface area contributed by atoms with Gasteiger partial charge >= 0.3 is 0 Å². The highest BCUT2D eigenvalue weighted by Crippen LogP contribution is 2.61. The van der Waals surface area contributed by atoms with Gasteiger partial charge in [-0.3, -0.25) is 0 Å². The van der Waals surface area contributed by atoms with Crippen molar-refractivity contribution in [2.75, 3.05) is 9.80 Å². The first kappa shape index (κ1) is 38.2. The smallest absolute Gasteiger partial charge is 0.252 e. The highest BCUT2D eigenvalue weighted by atomic mass is 15.2. The number of fused-ring (bicyclic) bond motifs is 7. The van der Waals surface area contributed by atoms with Crippen LogP contribution in [0.25, 0.3) is 49.7 Å².